The van der Waals surface area contributed by atoms with Gasteiger partial charge in [0.2, 0.25) is 0 Å². The normalized spacial score (nSPS) is 23.2. The number of likely N-dealkylation sites (tertiary alicyclic amines) is 1. The second-order valence-electron chi connectivity index (χ2n) is 6.78. The van der Waals surface area contributed by atoms with Crippen LogP contribution in [0.1, 0.15) is 62.6 Å². The highest BCUT2D eigenvalue weighted by Gasteiger charge is 2.21. The highest BCUT2D eigenvalue weighted by atomic mass is 15.1. The number of fused-ring (bicyclic) bond motifs is 1. The van der Waals surface area contributed by atoms with Gasteiger partial charge in [0.25, 0.3) is 0 Å². The van der Waals surface area contributed by atoms with Crippen molar-refractivity contribution in [1.82, 2.24) is 14.8 Å². The maximum absolute atomic E-state index is 3.72. The number of piperidine rings is 1. The van der Waals surface area contributed by atoms with E-state index in [2.05, 4.69) is 34.1 Å². The van der Waals surface area contributed by atoms with Gasteiger partial charge in [0.1, 0.15) is 0 Å². The van der Waals surface area contributed by atoms with Gasteiger partial charge >= 0.3 is 0 Å². The van der Waals surface area contributed by atoms with E-state index in [1.165, 1.54) is 64.6 Å². The minimum Gasteiger partial charge on any atom is -0.352 e. The summed E-state index contributed by atoms with van der Waals surface area (Å²) in [6.07, 6.45) is 14.2. The summed E-state index contributed by atoms with van der Waals surface area (Å²) in [5, 5.41) is 3.72. The lowest BCUT2D eigenvalue weighted by molar-refractivity contribution is 0.221. The quantitative estimate of drug-likeness (QED) is 0.866. The second kappa shape index (κ2) is 7.46. The summed E-state index contributed by atoms with van der Waals surface area (Å²) in [6, 6.07) is 0.602. The summed E-state index contributed by atoms with van der Waals surface area (Å²) in [5.41, 5.74) is 3.17. The number of nitrogens with zero attached hydrogens (tertiary/aromatic N) is 2. The Hall–Kier alpha value is -0.800. The lowest BCUT2D eigenvalue weighted by Gasteiger charge is -2.26. The van der Waals surface area contributed by atoms with Gasteiger partial charge in [-0.1, -0.05) is 13.3 Å². The molecule has 1 aromatic heterocycles. The molecule has 0 saturated carbocycles. The van der Waals surface area contributed by atoms with Gasteiger partial charge in [0.05, 0.1) is 0 Å². The van der Waals surface area contributed by atoms with Crippen molar-refractivity contribution in [2.45, 2.75) is 64.5 Å². The van der Waals surface area contributed by atoms with Gasteiger partial charge in [-0.15, -0.1) is 0 Å². The largest absolute Gasteiger partial charge is 0.352 e. The fraction of sp³-hybridized carbons (Fsp3) is 0.778. The molecule has 118 valence electrons. The molecule has 0 aromatic carbocycles. The molecule has 1 atom stereocenters. The highest BCUT2D eigenvalue weighted by Crippen LogP contribution is 2.30. The Morgan fingerprint density at radius 1 is 1.10 bits per heavy atom. The summed E-state index contributed by atoms with van der Waals surface area (Å²) >= 11 is 0. The van der Waals surface area contributed by atoms with Gasteiger partial charge in [0, 0.05) is 31.5 Å². The summed E-state index contributed by atoms with van der Waals surface area (Å²) in [6.45, 7) is 8.39. The van der Waals surface area contributed by atoms with Crippen LogP contribution in [0.2, 0.25) is 0 Å². The molecule has 0 radical (unpaired) electrons. The third kappa shape index (κ3) is 3.89. The van der Waals surface area contributed by atoms with Crippen LogP contribution in [-0.4, -0.2) is 35.6 Å². The maximum atomic E-state index is 3.72. The van der Waals surface area contributed by atoms with Crippen LogP contribution in [0.15, 0.2) is 12.4 Å². The van der Waals surface area contributed by atoms with Gasteiger partial charge in [-0.3, -0.25) is 0 Å². The number of aromatic nitrogens is 1. The second-order valence-corrected chi connectivity index (χ2v) is 6.78. The number of nitrogens with one attached hydrogen (secondary N) is 1. The third-order valence-electron chi connectivity index (χ3n) is 5.08. The molecule has 1 N–H and O–H groups in total. The first-order valence-corrected chi connectivity index (χ1v) is 9.01. The SMILES string of the molecule is CCCNC1CCCc2cn(CCN3CCCCC3)cc21. The van der Waals surface area contributed by atoms with Crippen molar-refractivity contribution in [3.63, 3.8) is 0 Å². The smallest absolute Gasteiger partial charge is 0.0347 e. The Morgan fingerprint density at radius 3 is 2.76 bits per heavy atom. The molecule has 1 aromatic rings. The molecule has 1 aliphatic carbocycles. The van der Waals surface area contributed by atoms with E-state index in [0.717, 1.165) is 13.1 Å². The highest BCUT2D eigenvalue weighted by molar-refractivity contribution is 5.30. The van der Waals surface area contributed by atoms with Crippen LogP contribution < -0.4 is 5.32 Å². The van der Waals surface area contributed by atoms with Gasteiger partial charge in [0.15, 0.2) is 0 Å². The number of aryl methyl sites for hydroxylation is 1. The molecule has 3 rings (SSSR count). The first-order valence-electron chi connectivity index (χ1n) is 9.01. The molecule has 0 bridgehead atoms. The number of rotatable bonds is 6. The molecular formula is C18H31N3. The van der Waals surface area contributed by atoms with E-state index in [-0.39, 0.29) is 0 Å². The Bertz CT molecular complexity index is 432. The van der Waals surface area contributed by atoms with Crippen LogP contribution in [0.25, 0.3) is 0 Å². The molecular weight excluding hydrogens is 258 g/mol. The maximum Gasteiger partial charge on any atom is 0.0347 e. The number of hydrogen-bond donors (Lipinski definition) is 1. The molecule has 2 aliphatic rings. The first kappa shape index (κ1) is 15.1. The van der Waals surface area contributed by atoms with Crippen LogP contribution in [0.3, 0.4) is 0 Å². The van der Waals surface area contributed by atoms with Crippen molar-refractivity contribution in [2.75, 3.05) is 26.2 Å². The lowest BCUT2D eigenvalue weighted by atomic mass is 9.91. The molecule has 21 heavy (non-hydrogen) atoms. The Labute approximate surface area is 129 Å². The van der Waals surface area contributed by atoms with Crippen LogP contribution >= 0.6 is 0 Å². The molecule has 1 aliphatic heterocycles. The first-order chi connectivity index (χ1) is 10.4. The van der Waals surface area contributed by atoms with Crippen LogP contribution in [0, 0.1) is 0 Å². The van der Waals surface area contributed by atoms with E-state index >= 15 is 0 Å². The van der Waals surface area contributed by atoms with Crippen molar-refractivity contribution in [1.29, 1.82) is 0 Å². The Morgan fingerprint density at radius 2 is 1.95 bits per heavy atom. The average molecular weight is 289 g/mol. The summed E-state index contributed by atoms with van der Waals surface area (Å²) in [4.78, 5) is 2.63. The van der Waals surface area contributed by atoms with Gasteiger partial charge in [-0.25, -0.2) is 0 Å². The standard InChI is InChI=1S/C18H31N3/c1-2-9-19-18-8-6-7-16-14-21(15-17(16)18)13-12-20-10-4-3-5-11-20/h14-15,18-19H,2-13H2,1H3. The van der Waals surface area contributed by atoms with E-state index in [1.54, 1.807) is 11.1 Å². The molecule has 3 heteroatoms. The average Bonchev–Trinajstić information content (AvgIpc) is 2.95. The minimum absolute atomic E-state index is 0.602. The summed E-state index contributed by atoms with van der Waals surface area (Å²) in [7, 11) is 0. The Kier molecular flexibility index (Phi) is 5.37. The van der Waals surface area contributed by atoms with Crippen molar-refractivity contribution >= 4 is 0 Å². The molecule has 1 saturated heterocycles. The van der Waals surface area contributed by atoms with E-state index < -0.39 is 0 Å². The zero-order valence-electron chi connectivity index (χ0n) is 13.6. The molecule has 0 amide bonds. The van der Waals surface area contributed by atoms with Gasteiger partial charge < -0.3 is 14.8 Å². The van der Waals surface area contributed by atoms with Gasteiger partial charge in [-0.2, -0.15) is 0 Å². The topological polar surface area (TPSA) is 20.2 Å². The summed E-state index contributed by atoms with van der Waals surface area (Å²) < 4.78 is 2.45. The lowest BCUT2D eigenvalue weighted by Crippen LogP contribution is -2.32. The van der Waals surface area contributed by atoms with Crippen LogP contribution in [0.4, 0.5) is 0 Å². The monoisotopic (exact) mass is 289 g/mol. The molecule has 1 unspecified atom stereocenters. The van der Waals surface area contributed by atoms with Crippen molar-refractivity contribution in [3.8, 4) is 0 Å². The predicted octanol–water partition coefficient (Wildman–Crippen LogP) is 3.35. The third-order valence-corrected chi connectivity index (χ3v) is 5.08. The molecule has 2 heterocycles. The van der Waals surface area contributed by atoms with Crippen molar-refractivity contribution in [3.05, 3.63) is 23.5 Å². The predicted molar refractivity (Wildman–Crippen MR) is 88.7 cm³/mol. The van der Waals surface area contributed by atoms with Crippen LogP contribution in [0.5, 0.6) is 0 Å². The zero-order chi connectivity index (χ0) is 14.5. The Balaban J connectivity index is 1.58. The molecule has 1 fully saturated rings. The molecule has 0 spiro atoms. The van der Waals surface area contributed by atoms with Gasteiger partial charge in [-0.05, 0) is 69.3 Å². The zero-order valence-corrected chi connectivity index (χ0v) is 13.6. The summed E-state index contributed by atoms with van der Waals surface area (Å²) in [5.74, 6) is 0. The molecule has 3 nitrogen and oxygen atoms in total. The van der Waals surface area contributed by atoms with E-state index in [9.17, 15) is 0 Å². The fourth-order valence-corrected chi connectivity index (χ4v) is 3.85. The minimum atomic E-state index is 0.602. The van der Waals surface area contributed by atoms with E-state index in [1.807, 2.05) is 0 Å². The number of hydrogen-bond acceptors (Lipinski definition) is 2. The van der Waals surface area contributed by atoms with Crippen molar-refractivity contribution < 1.29 is 0 Å². The van der Waals surface area contributed by atoms with Crippen LogP contribution in [-0.2, 0) is 13.0 Å². The van der Waals surface area contributed by atoms with E-state index in [4.69, 9.17) is 0 Å². The fourth-order valence-electron chi connectivity index (χ4n) is 3.85. The van der Waals surface area contributed by atoms with Crippen molar-refractivity contribution in [2.24, 2.45) is 0 Å². The van der Waals surface area contributed by atoms with E-state index in [0.29, 0.717) is 6.04 Å².